The molecule has 1 fully saturated rings. The summed E-state index contributed by atoms with van der Waals surface area (Å²) in [5, 5.41) is 3.40. The molecule has 0 spiro atoms. The van der Waals surface area contributed by atoms with Crippen molar-refractivity contribution in [1.29, 1.82) is 0 Å². The molecule has 1 N–H and O–H groups in total. The maximum absolute atomic E-state index is 4.37. The van der Waals surface area contributed by atoms with Crippen LogP contribution in [0.25, 0.3) is 0 Å². The highest BCUT2D eigenvalue weighted by atomic mass is 127. The Hall–Kier alpha value is -0.790. The van der Waals surface area contributed by atoms with Crippen molar-refractivity contribution in [1.82, 2.24) is 19.8 Å². The molecule has 0 radical (unpaired) electrons. The summed E-state index contributed by atoms with van der Waals surface area (Å²) < 4.78 is 2.03. The average molecular weight is 377 g/mol. The van der Waals surface area contributed by atoms with Crippen LogP contribution in [0.5, 0.6) is 0 Å². The largest absolute Gasteiger partial charge is 0.349 e. The van der Waals surface area contributed by atoms with E-state index in [0.29, 0.717) is 0 Å². The van der Waals surface area contributed by atoms with E-state index in [1.807, 2.05) is 31.1 Å². The van der Waals surface area contributed by atoms with E-state index >= 15 is 0 Å². The molecule has 0 amide bonds. The number of nitrogens with one attached hydrogen (secondary N) is 1. The van der Waals surface area contributed by atoms with Crippen LogP contribution in [0.3, 0.4) is 0 Å². The maximum atomic E-state index is 4.37. The fourth-order valence-electron chi connectivity index (χ4n) is 2.44. The molecule has 2 rings (SSSR count). The second-order valence-corrected chi connectivity index (χ2v) is 5.05. The smallest absolute Gasteiger partial charge is 0.194 e. The van der Waals surface area contributed by atoms with Crippen LogP contribution in [0.2, 0.25) is 0 Å². The Morgan fingerprint density at radius 1 is 1.58 bits per heavy atom. The molecule has 1 atom stereocenters. The summed E-state index contributed by atoms with van der Waals surface area (Å²) in [6.07, 6.45) is 6.36. The fourth-order valence-corrected chi connectivity index (χ4v) is 2.44. The Morgan fingerprint density at radius 2 is 2.37 bits per heavy atom. The van der Waals surface area contributed by atoms with Gasteiger partial charge in [0, 0.05) is 39.6 Å². The summed E-state index contributed by atoms with van der Waals surface area (Å²) in [7, 11) is 3.86. The lowest BCUT2D eigenvalue weighted by atomic mass is 10.0. The predicted molar refractivity (Wildman–Crippen MR) is 88.8 cm³/mol. The molecule has 0 saturated carbocycles. The van der Waals surface area contributed by atoms with E-state index in [9.17, 15) is 0 Å². The number of imidazole rings is 1. The predicted octanol–water partition coefficient (Wildman–Crippen LogP) is 1.85. The molecule has 1 aromatic rings. The van der Waals surface area contributed by atoms with E-state index in [-0.39, 0.29) is 24.0 Å². The van der Waals surface area contributed by atoms with Crippen molar-refractivity contribution < 1.29 is 0 Å². The number of guanidine groups is 1. The molecule has 2 heterocycles. The molecule has 0 aliphatic carbocycles. The molecule has 108 valence electrons. The number of aryl methyl sites for hydroxylation is 1. The molecular weight excluding hydrogens is 353 g/mol. The molecule has 1 aliphatic rings. The number of hydrogen-bond acceptors (Lipinski definition) is 2. The zero-order valence-corrected chi connectivity index (χ0v) is 14.3. The van der Waals surface area contributed by atoms with Gasteiger partial charge in [0.05, 0.1) is 6.54 Å². The van der Waals surface area contributed by atoms with Crippen molar-refractivity contribution in [3.05, 3.63) is 18.2 Å². The minimum Gasteiger partial charge on any atom is -0.349 e. The third-order valence-electron chi connectivity index (χ3n) is 3.49. The second-order valence-electron chi connectivity index (χ2n) is 5.05. The van der Waals surface area contributed by atoms with Crippen LogP contribution >= 0.6 is 24.0 Å². The number of piperidine rings is 1. The maximum Gasteiger partial charge on any atom is 0.194 e. The summed E-state index contributed by atoms with van der Waals surface area (Å²) in [5.74, 6) is 2.77. The van der Waals surface area contributed by atoms with Gasteiger partial charge in [-0.3, -0.25) is 4.99 Å². The highest BCUT2D eigenvalue weighted by Crippen LogP contribution is 2.15. The van der Waals surface area contributed by atoms with E-state index in [0.717, 1.165) is 37.3 Å². The molecule has 1 aromatic heterocycles. The van der Waals surface area contributed by atoms with E-state index in [2.05, 4.69) is 27.1 Å². The van der Waals surface area contributed by atoms with Crippen molar-refractivity contribution in [2.45, 2.75) is 26.3 Å². The van der Waals surface area contributed by atoms with Crippen LogP contribution in [0.4, 0.5) is 0 Å². The lowest BCUT2D eigenvalue weighted by Gasteiger charge is -2.33. The van der Waals surface area contributed by atoms with Gasteiger partial charge in [-0.2, -0.15) is 0 Å². The normalized spacial score (nSPS) is 20.1. The summed E-state index contributed by atoms with van der Waals surface area (Å²) in [4.78, 5) is 11.0. The topological polar surface area (TPSA) is 45.5 Å². The Morgan fingerprint density at radius 3 is 2.95 bits per heavy atom. The van der Waals surface area contributed by atoms with Crippen molar-refractivity contribution in [3.63, 3.8) is 0 Å². The van der Waals surface area contributed by atoms with E-state index in [1.165, 1.54) is 12.8 Å². The van der Waals surface area contributed by atoms with Gasteiger partial charge in [0.25, 0.3) is 0 Å². The minimum absolute atomic E-state index is 0. The Kier molecular flexibility index (Phi) is 6.60. The van der Waals surface area contributed by atoms with E-state index < -0.39 is 0 Å². The van der Waals surface area contributed by atoms with Gasteiger partial charge >= 0.3 is 0 Å². The van der Waals surface area contributed by atoms with Crippen molar-refractivity contribution in [3.8, 4) is 0 Å². The van der Waals surface area contributed by atoms with Crippen LogP contribution in [0.1, 0.15) is 25.6 Å². The summed E-state index contributed by atoms with van der Waals surface area (Å²) in [6.45, 7) is 5.23. The standard InChI is InChI=1S/C13H23N5.HI/c1-11-5-4-7-18(10-11)13(14-2)16-9-12-15-6-8-17(12)3;/h6,8,11H,4-5,7,9-10H2,1-3H3,(H,14,16);1H. The van der Waals surface area contributed by atoms with Crippen LogP contribution in [0, 0.1) is 5.92 Å². The first-order chi connectivity index (χ1) is 8.70. The number of rotatable bonds is 2. The summed E-state index contributed by atoms with van der Waals surface area (Å²) in [5.41, 5.74) is 0. The van der Waals surface area contributed by atoms with Crippen molar-refractivity contribution in [2.24, 2.45) is 18.0 Å². The molecule has 0 aromatic carbocycles. The first-order valence-electron chi connectivity index (χ1n) is 6.62. The first-order valence-corrected chi connectivity index (χ1v) is 6.62. The first kappa shape index (κ1) is 16.3. The molecule has 19 heavy (non-hydrogen) atoms. The lowest BCUT2D eigenvalue weighted by molar-refractivity contribution is 0.265. The number of nitrogens with zero attached hydrogens (tertiary/aromatic N) is 4. The number of aromatic nitrogens is 2. The zero-order chi connectivity index (χ0) is 13.0. The number of hydrogen-bond donors (Lipinski definition) is 1. The number of aliphatic imine (C=N–C) groups is 1. The van der Waals surface area contributed by atoms with Crippen LogP contribution in [-0.2, 0) is 13.6 Å². The average Bonchev–Trinajstić information content (AvgIpc) is 2.76. The number of likely N-dealkylation sites (tertiary alicyclic amines) is 1. The van der Waals surface area contributed by atoms with Crippen molar-refractivity contribution in [2.75, 3.05) is 20.1 Å². The zero-order valence-electron chi connectivity index (χ0n) is 12.0. The Bertz CT molecular complexity index is 415. The second kappa shape index (κ2) is 7.72. The quantitative estimate of drug-likeness (QED) is 0.486. The van der Waals surface area contributed by atoms with Gasteiger partial charge in [-0.1, -0.05) is 6.92 Å². The van der Waals surface area contributed by atoms with Gasteiger partial charge < -0.3 is 14.8 Å². The van der Waals surface area contributed by atoms with E-state index in [4.69, 9.17) is 0 Å². The van der Waals surface area contributed by atoms with Gasteiger partial charge in [0.15, 0.2) is 5.96 Å². The number of halogens is 1. The monoisotopic (exact) mass is 377 g/mol. The fraction of sp³-hybridized carbons (Fsp3) is 0.692. The van der Waals surface area contributed by atoms with Crippen LogP contribution < -0.4 is 5.32 Å². The third-order valence-corrected chi connectivity index (χ3v) is 3.49. The highest BCUT2D eigenvalue weighted by molar-refractivity contribution is 14.0. The Labute approximate surface area is 132 Å². The lowest BCUT2D eigenvalue weighted by Crippen LogP contribution is -2.46. The molecule has 1 unspecified atom stereocenters. The minimum atomic E-state index is 0. The molecule has 1 aliphatic heterocycles. The molecular formula is C13H24IN5. The van der Waals surface area contributed by atoms with Gasteiger partial charge in [0.2, 0.25) is 0 Å². The van der Waals surface area contributed by atoms with Crippen molar-refractivity contribution >= 4 is 29.9 Å². The third kappa shape index (κ3) is 4.36. The van der Waals surface area contributed by atoms with Gasteiger partial charge in [0.1, 0.15) is 5.82 Å². The molecule has 6 heteroatoms. The SMILES string of the molecule is CN=C(NCc1nccn1C)N1CCCC(C)C1.I. The van der Waals surface area contributed by atoms with Crippen LogP contribution in [0.15, 0.2) is 17.4 Å². The summed E-state index contributed by atoms with van der Waals surface area (Å²) >= 11 is 0. The highest BCUT2D eigenvalue weighted by Gasteiger charge is 2.19. The summed E-state index contributed by atoms with van der Waals surface area (Å²) in [6, 6.07) is 0. The van der Waals surface area contributed by atoms with Gasteiger partial charge in [-0.25, -0.2) is 4.98 Å². The Balaban J connectivity index is 0.00000180. The van der Waals surface area contributed by atoms with Gasteiger partial charge in [-0.05, 0) is 18.8 Å². The molecule has 0 bridgehead atoms. The molecule has 5 nitrogen and oxygen atoms in total. The van der Waals surface area contributed by atoms with Gasteiger partial charge in [-0.15, -0.1) is 24.0 Å². The van der Waals surface area contributed by atoms with Crippen LogP contribution in [-0.4, -0.2) is 40.5 Å². The molecule has 1 saturated heterocycles. The van der Waals surface area contributed by atoms with E-state index in [1.54, 1.807) is 0 Å².